The number of carbonyl (C=O) groups is 2. The molecule has 1 aromatic heterocycles. The van der Waals surface area contributed by atoms with Crippen LogP contribution < -0.4 is 20.1 Å². The van der Waals surface area contributed by atoms with Crippen molar-refractivity contribution in [1.29, 1.82) is 0 Å². The molecule has 0 saturated heterocycles. The van der Waals surface area contributed by atoms with Gasteiger partial charge in [0, 0.05) is 23.3 Å². The van der Waals surface area contributed by atoms with Crippen molar-refractivity contribution < 1.29 is 28.4 Å². The highest BCUT2D eigenvalue weighted by molar-refractivity contribution is 6.12. The standard InChI is InChI=1S/C26H23N5O7/c1-3-36-21-14-11-17(15-22(21)37-4-2)23(32)27-20-8-6-5-7-19(20)24(33)28-26-30-29-25(38-26)16-9-12-18(13-10-16)31(34)35/h5-15H,3-4H2,1-2H3,(H,27,32)(H,28,30,33). The molecule has 194 valence electrons. The molecule has 0 aliphatic heterocycles. The molecule has 0 saturated carbocycles. The zero-order chi connectivity index (χ0) is 27.1. The maximum atomic E-state index is 13.0. The maximum absolute atomic E-state index is 13.0. The van der Waals surface area contributed by atoms with E-state index in [1.807, 2.05) is 13.8 Å². The molecule has 0 aliphatic carbocycles. The fourth-order valence-electron chi connectivity index (χ4n) is 3.46. The van der Waals surface area contributed by atoms with E-state index in [1.165, 1.54) is 30.3 Å². The van der Waals surface area contributed by atoms with E-state index in [-0.39, 0.29) is 28.8 Å². The lowest BCUT2D eigenvalue weighted by atomic mass is 10.1. The third kappa shape index (κ3) is 5.93. The molecule has 38 heavy (non-hydrogen) atoms. The number of non-ortho nitro benzene ring substituents is 1. The van der Waals surface area contributed by atoms with Gasteiger partial charge in [0.25, 0.3) is 17.5 Å². The number of nitrogens with one attached hydrogen (secondary N) is 2. The third-order valence-electron chi connectivity index (χ3n) is 5.20. The molecule has 0 bridgehead atoms. The van der Waals surface area contributed by atoms with Crippen molar-refractivity contribution in [2.45, 2.75) is 13.8 Å². The number of aromatic nitrogens is 2. The van der Waals surface area contributed by atoms with E-state index in [2.05, 4.69) is 20.8 Å². The molecule has 0 unspecified atom stereocenters. The van der Waals surface area contributed by atoms with Crippen molar-refractivity contribution in [2.24, 2.45) is 0 Å². The number of carbonyl (C=O) groups excluding carboxylic acids is 2. The first kappa shape index (κ1) is 25.8. The van der Waals surface area contributed by atoms with E-state index in [0.29, 0.717) is 35.8 Å². The normalized spacial score (nSPS) is 10.5. The number of nitro groups is 1. The lowest BCUT2D eigenvalue weighted by molar-refractivity contribution is -0.384. The van der Waals surface area contributed by atoms with Crippen molar-refractivity contribution in [3.8, 4) is 23.0 Å². The van der Waals surface area contributed by atoms with Crippen LogP contribution in [0.2, 0.25) is 0 Å². The van der Waals surface area contributed by atoms with Gasteiger partial charge in [-0.2, -0.15) is 0 Å². The van der Waals surface area contributed by atoms with E-state index >= 15 is 0 Å². The smallest absolute Gasteiger partial charge is 0.322 e. The topological polar surface area (TPSA) is 159 Å². The number of benzene rings is 3. The Bertz CT molecular complexity index is 1470. The van der Waals surface area contributed by atoms with Crippen LogP contribution in [-0.4, -0.2) is 40.1 Å². The molecule has 3 aromatic carbocycles. The van der Waals surface area contributed by atoms with Crippen LogP contribution in [0, 0.1) is 10.1 Å². The van der Waals surface area contributed by atoms with Crippen LogP contribution in [0.4, 0.5) is 17.4 Å². The van der Waals surface area contributed by atoms with Crippen LogP contribution >= 0.6 is 0 Å². The molecule has 0 radical (unpaired) electrons. The molecule has 12 nitrogen and oxygen atoms in total. The second kappa shape index (κ2) is 11.6. The highest BCUT2D eigenvalue weighted by Crippen LogP contribution is 2.29. The molecular weight excluding hydrogens is 494 g/mol. The van der Waals surface area contributed by atoms with E-state index in [0.717, 1.165) is 0 Å². The summed E-state index contributed by atoms with van der Waals surface area (Å²) in [6, 6.07) is 16.6. The van der Waals surface area contributed by atoms with Gasteiger partial charge in [0.1, 0.15) is 0 Å². The van der Waals surface area contributed by atoms with Crippen molar-refractivity contribution in [2.75, 3.05) is 23.8 Å². The Morgan fingerprint density at radius 2 is 1.61 bits per heavy atom. The molecule has 1 heterocycles. The molecular formula is C26H23N5O7. The van der Waals surface area contributed by atoms with Gasteiger partial charge in [-0.05, 0) is 56.3 Å². The molecule has 4 aromatic rings. The highest BCUT2D eigenvalue weighted by atomic mass is 16.6. The number of amides is 2. The third-order valence-corrected chi connectivity index (χ3v) is 5.20. The Hall–Kier alpha value is -5.26. The van der Waals surface area contributed by atoms with Crippen molar-refractivity contribution >= 4 is 29.2 Å². The Morgan fingerprint density at radius 3 is 2.32 bits per heavy atom. The minimum Gasteiger partial charge on any atom is -0.490 e. The van der Waals surface area contributed by atoms with Crippen molar-refractivity contribution in [1.82, 2.24) is 10.2 Å². The number of rotatable bonds is 10. The second-order valence-electron chi connectivity index (χ2n) is 7.70. The maximum Gasteiger partial charge on any atom is 0.322 e. The Labute approximate surface area is 216 Å². The zero-order valence-electron chi connectivity index (χ0n) is 20.5. The fraction of sp³-hybridized carbons (Fsp3) is 0.154. The number of nitro benzene ring substituents is 1. The minimum atomic E-state index is -0.596. The average Bonchev–Trinajstić information content (AvgIpc) is 3.38. The SMILES string of the molecule is CCOc1ccc(C(=O)Nc2ccccc2C(=O)Nc2nnc(-c3ccc([N+](=O)[O-])cc3)o2)cc1OCC. The monoisotopic (exact) mass is 517 g/mol. The van der Waals surface area contributed by atoms with Gasteiger partial charge in [0.2, 0.25) is 5.89 Å². The largest absolute Gasteiger partial charge is 0.490 e. The summed E-state index contributed by atoms with van der Waals surface area (Å²) in [6.45, 7) is 4.53. The van der Waals surface area contributed by atoms with Crippen molar-refractivity contribution in [3.63, 3.8) is 0 Å². The number of nitrogens with zero attached hydrogens (tertiary/aromatic N) is 3. The number of hydrogen-bond acceptors (Lipinski definition) is 9. The predicted molar refractivity (Wildman–Crippen MR) is 138 cm³/mol. The van der Waals surface area contributed by atoms with Crippen LogP contribution in [0.15, 0.2) is 71.1 Å². The summed E-state index contributed by atoms with van der Waals surface area (Å²) < 4.78 is 16.6. The van der Waals surface area contributed by atoms with E-state index in [1.54, 1.807) is 36.4 Å². The zero-order valence-corrected chi connectivity index (χ0v) is 20.5. The average molecular weight is 517 g/mol. The van der Waals surface area contributed by atoms with Gasteiger partial charge < -0.3 is 19.2 Å². The van der Waals surface area contributed by atoms with Gasteiger partial charge in [-0.15, -0.1) is 5.10 Å². The lowest BCUT2D eigenvalue weighted by Gasteiger charge is -2.13. The second-order valence-corrected chi connectivity index (χ2v) is 7.70. The van der Waals surface area contributed by atoms with E-state index in [9.17, 15) is 19.7 Å². The van der Waals surface area contributed by atoms with Crippen molar-refractivity contribution in [3.05, 3.63) is 88.0 Å². The minimum absolute atomic E-state index is 0.0670. The quantitative estimate of drug-likeness (QED) is 0.219. The van der Waals surface area contributed by atoms with Crippen LogP contribution in [0.25, 0.3) is 11.5 Å². The summed E-state index contributed by atoms with van der Waals surface area (Å²) in [5, 5.41) is 23.8. The van der Waals surface area contributed by atoms with Crippen LogP contribution in [0.1, 0.15) is 34.6 Å². The van der Waals surface area contributed by atoms with Gasteiger partial charge in [0.05, 0.1) is 29.4 Å². The Morgan fingerprint density at radius 1 is 0.895 bits per heavy atom. The Kier molecular flexibility index (Phi) is 7.92. The van der Waals surface area contributed by atoms with Gasteiger partial charge in [-0.25, -0.2) is 0 Å². The van der Waals surface area contributed by atoms with Gasteiger partial charge in [-0.3, -0.25) is 25.0 Å². The predicted octanol–water partition coefficient (Wildman–Crippen LogP) is 4.95. The molecule has 4 rings (SSSR count). The summed E-state index contributed by atoms with van der Waals surface area (Å²) in [5.74, 6) is -0.0158. The molecule has 12 heteroatoms. The lowest BCUT2D eigenvalue weighted by Crippen LogP contribution is -2.18. The number of hydrogen-bond donors (Lipinski definition) is 2. The first-order chi connectivity index (χ1) is 18.4. The van der Waals surface area contributed by atoms with Crippen LogP contribution in [0.5, 0.6) is 11.5 Å². The van der Waals surface area contributed by atoms with Crippen LogP contribution in [-0.2, 0) is 0 Å². The fourth-order valence-corrected chi connectivity index (χ4v) is 3.46. The summed E-state index contributed by atoms with van der Waals surface area (Å²) in [6.07, 6.45) is 0. The van der Waals surface area contributed by atoms with Crippen LogP contribution in [0.3, 0.4) is 0 Å². The molecule has 0 fully saturated rings. The molecule has 0 spiro atoms. The van der Waals surface area contributed by atoms with Gasteiger partial charge in [-0.1, -0.05) is 17.2 Å². The first-order valence-electron chi connectivity index (χ1n) is 11.6. The highest BCUT2D eigenvalue weighted by Gasteiger charge is 2.19. The summed E-state index contributed by atoms with van der Waals surface area (Å²) >= 11 is 0. The molecule has 0 aliphatic rings. The molecule has 2 N–H and O–H groups in total. The number of para-hydroxylation sites is 1. The van der Waals surface area contributed by atoms with Gasteiger partial charge in [0.15, 0.2) is 11.5 Å². The summed E-state index contributed by atoms with van der Waals surface area (Å²) in [5.41, 5.74) is 1.10. The van der Waals surface area contributed by atoms with E-state index in [4.69, 9.17) is 13.9 Å². The Balaban J connectivity index is 1.49. The molecule has 0 atom stereocenters. The van der Waals surface area contributed by atoms with E-state index < -0.39 is 16.7 Å². The summed E-state index contributed by atoms with van der Waals surface area (Å²) in [7, 11) is 0. The summed E-state index contributed by atoms with van der Waals surface area (Å²) in [4.78, 5) is 36.3. The van der Waals surface area contributed by atoms with Gasteiger partial charge >= 0.3 is 6.01 Å². The first-order valence-corrected chi connectivity index (χ1v) is 11.6. The molecule has 2 amide bonds. The number of anilines is 2. The number of ether oxygens (including phenoxy) is 2.